The zero-order chi connectivity index (χ0) is 25.8. The quantitative estimate of drug-likeness (QED) is 0.218. The van der Waals surface area contributed by atoms with Gasteiger partial charge in [0.05, 0.1) is 0 Å². The average Bonchev–Trinajstić information content (AvgIpc) is 3.45. The Balaban J connectivity index is 1.24. The van der Waals surface area contributed by atoms with Gasteiger partial charge in [0.1, 0.15) is 11.4 Å². The van der Waals surface area contributed by atoms with E-state index in [1.807, 2.05) is 46.8 Å². The molecular weight excluding hydrogens is 499 g/mol. The Bertz CT molecular complexity index is 1350. The number of aromatic nitrogens is 1. The molecule has 2 saturated heterocycles. The number of thiocarbonyl (C=S) groups is 1. The molecule has 1 N–H and O–H groups in total. The van der Waals surface area contributed by atoms with E-state index in [-0.39, 0.29) is 16.4 Å². The van der Waals surface area contributed by atoms with E-state index in [1.54, 1.807) is 4.90 Å². The number of hydrogen-bond donors (Lipinski definition) is 1. The van der Waals surface area contributed by atoms with Crippen LogP contribution in [0.5, 0.6) is 0 Å². The van der Waals surface area contributed by atoms with Crippen LogP contribution in [-0.2, 0) is 7.05 Å². The minimum Gasteiger partial charge on any atom is -0.348 e. The fourth-order valence-corrected chi connectivity index (χ4v) is 5.52. The topological polar surface area (TPSA) is 40.5 Å². The maximum absolute atomic E-state index is 14.1. The van der Waals surface area contributed by atoms with E-state index in [9.17, 15) is 26.7 Å². The molecule has 5 nitrogen and oxygen atoms in total. The summed E-state index contributed by atoms with van der Waals surface area (Å²) in [6.07, 6.45) is 2.16. The number of aryl methyl sites for hydroxylation is 1. The van der Waals surface area contributed by atoms with Crippen molar-refractivity contribution in [3.05, 3.63) is 65.1 Å². The zero-order valence-corrected chi connectivity index (χ0v) is 20.2. The zero-order valence-electron chi connectivity index (χ0n) is 19.4. The first-order chi connectivity index (χ1) is 17.1. The maximum Gasteiger partial charge on any atom is 0.270 e. The molecular formula is C25H23F5N4OS. The summed E-state index contributed by atoms with van der Waals surface area (Å²) in [7, 11) is 1.87. The van der Waals surface area contributed by atoms with Crippen molar-refractivity contribution in [2.45, 2.75) is 19.3 Å². The summed E-state index contributed by atoms with van der Waals surface area (Å²) in [4.78, 5) is 16.7. The van der Waals surface area contributed by atoms with Crippen molar-refractivity contribution in [1.29, 1.82) is 0 Å². The van der Waals surface area contributed by atoms with Crippen molar-refractivity contribution in [3.8, 4) is 0 Å². The summed E-state index contributed by atoms with van der Waals surface area (Å²) < 4.78 is 70.4. The third-order valence-corrected chi connectivity index (χ3v) is 7.81. The number of halogens is 5. The SMILES string of the molecule is Cn1c(C(=O)N2CCC3(CC2)CCN(C(=S)Nc2c(F)c(F)c(F)c(F)c2F)C3)cc2ccccc21. The van der Waals surface area contributed by atoms with Gasteiger partial charge in [-0.25, -0.2) is 22.0 Å². The van der Waals surface area contributed by atoms with Crippen molar-refractivity contribution in [2.24, 2.45) is 12.5 Å². The van der Waals surface area contributed by atoms with Crippen molar-refractivity contribution in [1.82, 2.24) is 14.4 Å². The summed E-state index contributed by atoms with van der Waals surface area (Å²) in [5.74, 6) is -10.2. The lowest BCUT2D eigenvalue weighted by atomic mass is 9.77. The lowest BCUT2D eigenvalue weighted by Gasteiger charge is -2.39. The first kappa shape index (κ1) is 24.5. The number of hydrogen-bond acceptors (Lipinski definition) is 2. The van der Waals surface area contributed by atoms with Crippen LogP contribution in [-0.4, -0.2) is 51.6 Å². The Morgan fingerprint density at radius 3 is 2.06 bits per heavy atom. The minimum atomic E-state index is -2.22. The van der Waals surface area contributed by atoms with Crippen LogP contribution in [0.15, 0.2) is 30.3 Å². The molecule has 36 heavy (non-hydrogen) atoms. The second kappa shape index (κ2) is 9.02. The van der Waals surface area contributed by atoms with Crippen molar-refractivity contribution < 1.29 is 26.7 Å². The van der Waals surface area contributed by atoms with Gasteiger partial charge in [0.2, 0.25) is 5.82 Å². The molecule has 0 atom stereocenters. The van der Waals surface area contributed by atoms with Gasteiger partial charge in [0, 0.05) is 44.1 Å². The number of para-hydroxylation sites is 1. The van der Waals surface area contributed by atoms with E-state index < -0.39 is 34.8 Å². The summed E-state index contributed by atoms with van der Waals surface area (Å²) in [5, 5.41) is 3.10. The number of benzene rings is 2. The lowest BCUT2D eigenvalue weighted by molar-refractivity contribution is 0.0590. The molecule has 1 amide bonds. The fourth-order valence-electron chi connectivity index (χ4n) is 5.26. The number of nitrogens with zero attached hydrogens (tertiary/aromatic N) is 3. The normalized spacial score (nSPS) is 17.3. The summed E-state index contributed by atoms with van der Waals surface area (Å²) in [6, 6.07) is 9.68. The number of piperidine rings is 1. The largest absolute Gasteiger partial charge is 0.348 e. The molecule has 1 aromatic heterocycles. The number of likely N-dealkylation sites (tertiary alicyclic amines) is 2. The van der Waals surface area contributed by atoms with Gasteiger partial charge < -0.3 is 19.7 Å². The number of carbonyl (C=O) groups excluding carboxylic acids is 1. The Morgan fingerprint density at radius 1 is 0.889 bits per heavy atom. The standard InChI is InChI=1S/C25H23F5N4OS/c1-32-15-5-3-2-4-14(15)12-16(32)23(35)33-9-6-25(7-10-33)8-11-34(13-25)24(36)31-22-20(29)18(27)17(26)19(28)21(22)30/h2-5,12H,6-11,13H2,1H3,(H,31,36). The highest BCUT2D eigenvalue weighted by Gasteiger charge is 2.42. The van der Waals surface area contributed by atoms with E-state index in [0.29, 0.717) is 44.7 Å². The predicted octanol–water partition coefficient (Wildman–Crippen LogP) is 5.20. The highest BCUT2D eigenvalue weighted by Crippen LogP contribution is 2.41. The number of amides is 1. The van der Waals surface area contributed by atoms with Crippen LogP contribution in [0.25, 0.3) is 10.9 Å². The van der Waals surface area contributed by atoms with Gasteiger partial charge in [-0.05, 0) is 49.0 Å². The monoisotopic (exact) mass is 522 g/mol. The summed E-state index contributed by atoms with van der Waals surface area (Å²) >= 11 is 5.24. The molecule has 0 saturated carbocycles. The van der Waals surface area contributed by atoms with Crippen LogP contribution in [0, 0.1) is 34.5 Å². The van der Waals surface area contributed by atoms with E-state index in [1.165, 1.54) is 0 Å². The molecule has 5 rings (SSSR count). The van der Waals surface area contributed by atoms with E-state index in [4.69, 9.17) is 12.2 Å². The van der Waals surface area contributed by atoms with Crippen molar-refractivity contribution in [2.75, 3.05) is 31.5 Å². The molecule has 190 valence electrons. The third kappa shape index (κ3) is 3.99. The molecule has 0 radical (unpaired) electrons. The highest BCUT2D eigenvalue weighted by atomic mass is 32.1. The third-order valence-electron chi connectivity index (χ3n) is 7.45. The molecule has 2 aromatic carbocycles. The summed E-state index contributed by atoms with van der Waals surface area (Å²) in [5.41, 5.74) is 0.286. The number of carbonyl (C=O) groups is 1. The summed E-state index contributed by atoms with van der Waals surface area (Å²) in [6.45, 7) is 2.03. The predicted molar refractivity (Wildman–Crippen MR) is 129 cm³/mol. The first-order valence-electron chi connectivity index (χ1n) is 11.5. The van der Waals surface area contributed by atoms with Gasteiger partial charge in [-0.2, -0.15) is 0 Å². The smallest absolute Gasteiger partial charge is 0.270 e. The number of nitrogens with one attached hydrogen (secondary N) is 1. The van der Waals surface area contributed by atoms with Gasteiger partial charge in [0.25, 0.3) is 5.91 Å². The van der Waals surface area contributed by atoms with Crippen LogP contribution in [0.4, 0.5) is 27.6 Å². The fraction of sp³-hybridized carbons (Fsp3) is 0.360. The van der Waals surface area contributed by atoms with Crippen LogP contribution in [0.1, 0.15) is 29.8 Å². The highest BCUT2D eigenvalue weighted by molar-refractivity contribution is 7.80. The number of fused-ring (bicyclic) bond motifs is 1. The van der Waals surface area contributed by atoms with Gasteiger partial charge in [-0.3, -0.25) is 4.79 Å². The maximum atomic E-state index is 14.1. The number of rotatable bonds is 2. The van der Waals surface area contributed by atoms with Crippen molar-refractivity contribution >= 4 is 39.8 Å². The molecule has 0 aliphatic carbocycles. The first-order valence-corrected chi connectivity index (χ1v) is 11.9. The van der Waals surface area contributed by atoms with Gasteiger partial charge in [-0.15, -0.1) is 0 Å². The molecule has 0 bridgehead atoms. The van der Waals surface area contributed by atoms with E-state index >= 15 is 0 Å². The van der Waals surface area contributed by atoms with Crippen LogP contribution < -0.4 is 5.32 Å². The van der Waals surface area contributed by atoms with E-state index in [0.717, 1.165) is 17.3 Å². The Kier molecular flexibility index (Phi) is 6.14. The molecule has 3 heterocycles. The molecule has 0 unspecified atom stereocenters. The van der Waals surface area contributed by atoms with Crippen LogP contribution >= 0.6 is 12.2 Å². The van der Waals surface area contributed by atoms with Gasteiger partial charge in [0.15, 0.2) is 28.4 Å². The van der Waals surface area contributed by atoms with Gasteiger partial charge in [-0.1, -0.05) is 18.2 Å². The van der Waals surface area contributed by atoms with Gasteiger partial charge >= 0.3 is 0 Å². The average molecular weight is 523 g/mol. The molecule has 11 heteroatoms. The van der Waals surface area contributed by atoms with Crippen molar-refractivity contribution in [3.63, 3.8) is 0 Å². The molecule has 2 aliphatic heterocycles. The second-order valence-electron chi connectivity index (χ2n) is 9.49. The Labute approximate surface area is 209 Å². The number of anilines is 1. The van der Waals surface area contributed by atoms with Crippen LogP contribution in [0.3, 0.4) is 0 Å². The molecule has 1 spiro atoms. The lowest BCUT2D eigenvalue weighted by Crippen LogP contribution is -2.45. The molecule has 3 aromatic rings. The Morgan fingerprint density at radius 2 is 1.44 bits per heavy atom. The minimum absolute atomic E-state index is 0.0399. The molecule has 2 aliphatic rings. The van der Waals surface area contributed by atoms with Crippen LogP contribution in [0.2, 0.25) is 0 Å². The second-order valence-corrected chi connectivity index (χ2v) is 9.87. The Hall–Kier alpha value is -3.21. The molecule has 2 fully saturated rings. The van der Waals surface area contributed by atoms with E-state index in [2.05, 4.69) is 5.32 Å².